The number of hydrogen-bond acceptors (Lipinski definition) is 5. The molecule has 0 amide bonds. The van der Waals surface area contributed by atoms with Crippen LogP contribution < -0.4 is 5.32 Å². The van der Waals surface area contributed by atoms with Gasteiger partial charge in [0.25, 0.3) is 0 Å². The number of nitrogens with one attached hydrogen (secondary N) is 1. The molecule has 1 saturated heterocycles. The molecule has 1 aliphatic heterocycles. The number of nitrogens with zero attached hydrogens (tertiary/aromatic N) is 5. The molecule has 1 N–H and O–H groups in total. The topological polar surface area (TPSA) is 58.9 Å². The summed E-state index contributed by atoms with van der Waals surface area (Å²) in [4.78, 5) is 11.6. The van der Waals surface area contributed by atoms with E-state index in [1.165, 1.54) is 19.4 Å². The first kappa shape index (κ1) is 15.9. The van der Waals surface area contributed by atoms with Crippen LogP contribution in [0.3, 0.4) is 0 Å². The summed E-state index contributed by atoms with van der Waals surface area (Å²) in [6.07, 6.45) is 4.42. The molecule has 0 bridgehead atoms. The van der Waals surface area contributed by atoms with Gasteiger partial charge in [-0.05, 0) is 45.8 Å². The van der Waals surface area contributed by atoms with Gasteiger partial charge in [-0.3, -0.25) is 4.68 Å². The van der Waals surface area contributed by atoms with E-state index in [1.807, 2.05) is 29.9 Å². The van der Waals surface area contributed by atoms with E-state index >= 15 is 0 Å². The van der Waals surface area contributed by atoms with Crippen molar-refractivity contribution in [2.24, 2.45) is 0 Å². The van der Waals surface area contributed by atoms with Gasteiger partial charge in [-0.2, -0.15) is 5.10 Å². The molecule has 6 nitrogen and oxygen atoms in total. The summed E-state index contributed by atoms with van der Waals surface area (Å²) in [5, 5.41) is 8.13. The second-order valence-electron chi connectivity index (χ2n) is 6.12. The molecule has 6 heteroatoms. The fourth-order valence-electron chi connectivity index (χ4n) is 3.12. The van der Waals surface area contributed by atoms with Crippen LogP contribution in [0.5, 0.6) is 0 Å². The van der Waals surface area contributed by atoms with Gasteiger partial charge in [0.15, 0.2) is 0 Å². The van der Waals surface area contributed by atoms with E-state index in [1.54, 1.807) is 0 Å². The maximum atomic E-state index is 4.56. The smallest absolute Gasteiger partial charge is 0.130 e. The predicted octanol–water partition coefficient (Wildman–Crippen LogP) is 2.56. The summed E-state index contributed by atoms with van der Waals surface area (Å²) in [6, 6.07) is 4.48. The lowest BCUT2D eigenvalue weighted by Crippen LogP contribution is -2.42. The minimum absolute atomic E-state index is 0.457. The molecule has 3 heterocycles. The Hall–Kier alpha value is -1.95. The normalized spacial score (nSPS) is 19.0. The number of likely N-dealkylation sites (tertiary alicyclic amines) is 1. The van der Waals surface area contributed by atoms with E-state index in [0.29, 0.717) is 6.04 Å². The summed E-state index contributed by atoms with van der Waals surface area (Å²) >= 11 is 0. The quantitative estimate of drug-likeness (QED) is 0.919. The van der Waals surface area contributed by atoms with Gasteiger partial charge in [0.05, 0.1) is 5.69 Å². The third-order valence-corrected chi connectivity index (χ3v) is 4.37. The van der Waals surface area contributed by atoms with Gasteiger partial charge in [-0.25, -0.2) is 9.97 Å². The number of likely N-dealkylation sites (N-methyl/N-ethyl adjacent to an activating group) is 1. The molecule has 0 radical (unpaired) electrons. The van der Waals surface area contributed by atoms with Crippen molar-refractivity contribution in [3.63, 3.8) is 0 Å². The molecule has 23 heavy (non-hydrogen) atoms. The Labute approximate surface area is 137 Å². The van der Waals surface area contributed by atoms with Gasteiger partial charge in [0.1, 0.15) is 17.3 Å². The molecule has 2 aromatic rings. The molecular weight excluding hydrogens is 288 g/mol. The second-order valence-corrected chi connectivity index (χ2v) is 6.12. The monoisotopic (exact) mass is 314 g/mol. The van der Waals surface area contributed by atoms with Gasteiger partial charge in [0.2, 0.25) is 0 Å². The summed E-state index contributed by atoms with van der Waals surface area (Å²) in [5.74, 6) is 1.68. The molecule has 0 spiro atoms. The first-order valence-electron chi connectivity index (χ1n) is 8.56. The number of aromatic nitrogens is 4. The molecule has 0 aliphatic carbocycles. The highest BCUT2D eigenvalue weighted by Crippen LogP contribution is 2.20. The Bertz CT molecular complexity index is 650. The molecule has 1 aliphatic rings. The lowest BCUT2D eigenvalue weighted by molar-refractivity contribution is 0.226. The van der Waals surface area contributed by atoms with Crippen LogP contribution in [0.1, 0.15) is 32.5 Å². The number of piperidine rings is 1. The molecule has 1 unspecified atom stereocenters. The van der Waals surface area contributed by atoms with Gasteiger partial charge >= 0.3 is 0 Å². The Morgan fingerprint density at radius 3 is 2.83 bits per heavy atom. The van der Waals surface area contributed by atoms with Crippen LogP contribution in [-0.2, 0) is 6.54 Å². The maximum Gasteiger partial charge on any atom is 0.130 e. The molecule has 2 aromatic heterocycles. The fraction of sp³-hybridized carbons (Fsp3) is 0.588. The van der Waals surface area contributed by atoms with Crippen molar-refractivity contribution >= 4 is 5.82 Å². The van der Waals surface area contributed by atoms with E-state index in [4.69, 9.17) is 0 Å². The van der Waals surface area contributed by atoms with Gasteiger partial charge in [-0.1, -0.05) is 6.92 Å². The summed E-state index contributed by atoms with van der Waals surface area (Å²) in [6.45, 7) is 10.5. The maximum absolute atomic E-state index is 4.56. The van der Waals surface area contributed by atoms with Gasteiger partial charge in [0, 0.05) is 31.4 Å². The van der Waals surface area contributed by atoms with E-state index in [9.17, 15) is 0 Å². The average Bonchev–Trinajstić information content (AvgIpc) is 3.03. The van der Waals surface area contributed by atoms with Crippen molar-refractivity contribution in [2.45, 2.75) is 46.2 Å². The number of rotatable bonds is 5. The summed E-state index contributed by atoms with van der Waals surface area (Å²) in [7, 11) is 0. The molecule has 3 rings (SSSR count). The minimum atomic E-state index is 0.457. The first-order valence-corrected chi connectivity index (χ1v) is 8.56. The zero-order chi connectivity index (χ0) is 16.2. The van der Waals surface area contributed by atoms with E-state index in [-0.39, 0.29) is 0 Å². The number of anilines is 1. The highest BCUT2D eigenvalue weighted by molar-refractivity contribution is 5.58. The number of hydrogen-bond donors (Lipinski definition) is 1. The van der Waals surface area contributed by atoms with Crippen LogP contribution in [0.4, 0.5) is 5.82 Å². The van der Waals surface area contributed by atoms with E-state index < -0.39 is 0 Å². The van der Waals surface area contributed by atoms with Crippen LogP contribution in [0.15, 0.2) is 18.3 Å². The van der Waals surface area contributed by atoms with Crippen LogP contribution in [0.25, 0.3) is 11.4 Å². The van der Waals surface area contributed by atoms with Crippen molar-refractivity contribution in [3.05, 3.63) is 24.2 Å². The number of aryl methyl sites for hydroxylation is 2. The van der Waals surface area contributed by atoms with E-state index in [0.717, 1.165) is 42.7 Å². The summed E-state index contributed by atoms with van der Waals surface area (Å²) < 4.78 is 1.92. The van der Waals surface area contributed by atoms with Crippen molar-refractivity contribution in [2.75, 3.05) is 25.0 Å². The molecule has 0 aromatic carbocycles. The highest BCUT2D eigenvalue weighted by atomic mass is 15.3. The fourth-order valence-corrected chi connectivity index (χ4v) is 3.12. The van der Waals surface area contributed by atoms with Gasteiger partial charge < -0.3 is 10.2 Å². The lowest BCUT2D eigenvalue weighted by atomic mass is 10.1. The zero-order valence-corrected chi connectivity index (χ0v) is 14.3. The Morgan fingerprint density at radius 1 is 1.22 bits per heavy atom. The third-order valence-electron chi connectivity index (χ3n) is 4.37. The van der Waals surface area contributed by atoms with Crippen molar-refractivity contribution in [1.82, 2.24) is 24.6 Å². The first-order chi connectivity index (χ1) is 11.2. The largest absolute Gasteiger partial charge is 0.366 e. The molecule has 1 fully saturated rings. The predicted molar refractivity (Wildman–Crippen MR) is 92.4 cm³/mol. The SMILES string of the molecule is CCN1CCCC(Nc2cc(-c3ccn(CC)n3)nc(C)n2)C1. The van der Waals surface area contributed by atoms with E-state index in [2.05, 4.69) is 39.1 Å². The van der Waals surface area contributed by atoms with Crippen LogP contribution >= 0.6 is 0 Å². The van der Waals surface area contributed by atoms with Crippen LogP contribution in [-0.4, -0.2) is 50.3 Å². The Kier molecular flexibility index (Phi) is 4.91. The van der Waals surface area contributed by atoms with Crippen LogP contribution in [0, 0.1) is 6.92 Å². The third kappa shape index (κ3) is 3.88. The standard InChI is InChI=1S/C17H26N6/c1-4-22-9-6-7-14(12-22)20-17-11-16(18-13(3)19-17)15-8-10-23(5-2)21-15/h8,10-11,14H,4-7,9,12H2,1-3H3,(H,18,19,20). The molecule has 1 atom stereocenters. The van der Waals surface area contributed by atoms with Crippen molar-refractivity contribution in [3.8, 4) is 11.4 Å². The Balaban J connectivity index is 1.77. The van der Waals surface area contributed by atoms with Crippen molar-refractivity contribution in [1.29, 1.82) is 0 Å². The van der Waals surface area contributed by atoms with Crippen LogP contribution in [0.2, 0.25) is 0 Å². The lowest BCUT2D eigenvalue weighted by Gasteiger charge is -2.32. The van der Waals surface area contributed by atoms with Crippen molar-refractivity contribution < 1.29 is 0 Å². The minimum Gasteiger partial charge on any atom is -0.366 e. The highest BCUT2D eigenvalue weighted by Gasteiger charge is 2.19. The van der Waals surface area contributed by atoms with Gasteiger partial charge in [-0.15, -0.1) is 0 Å². The second kappa shape index (κ2) is 7.08. The zero-order valence-electron chi connectivity index (χ0n) is 14.3. The average molecular weight is 314 g/mol. The Morgan fingerprint density at radius 2 is 2.09 bits per heavy atom. The molecule has 124 valence electrons. The summed E-state index contributed by atoms with van der Waals surface area (Å²) in [5.41, 5.74) is 1.79. The molecule has 0 saturated carbocycles. The molecular formula is C17H26N6.